The van der Waals surface area contributed by atoms with Gasteiger partial charge in [-0.15, -0.1) is 0 Å². The zero-order valence-electron chi connectivity index (χ0n) is 19.7. The minimum atomic E-state index is -3.99. The third-order valence-corrected chi connectivity index (χ3v) is 7.12. The van der Waals surface area contributed by atoms with E-state index in [2.05, 4.69) is 14.9 Å². The molecule has 1 aliphatic heterocycles. The van der Waals surface area contributed by atoms with Crippen LogP contribution < -0.4 is 19.5 Å². The monoisotopic (exact) mass is 490 g/mol. The first-order valence-electron chi connectivity index (χ1n) is 10.8. The molecule has 2 N–H and O–H groups in total. The van der Waals surface area contributed by atoms with E-state index in [0.29, 0.717) is 30.1 Å². The van der Waals surface area contributed by atoms with Gasteiger partial charge in [-0.25, -0.2) is 8.42 Å². The van der Waals surface area contributed by atoms with Gasteiger partial charge in [0.2, 0.25) is 15.9 Å². The summed E-state index contributed by atoms with van der Waals surface area (Å²) in [6.07, 6.45) is 0. The first kappa shape index (κ1) is 25.5. The number of carbonyl (C=O) groups excluding carboxylic acids is 2. The number of hydrogen-bond acceptors (Lipinski definition) is 7. The highest BCUT2D eigenvalue weighted by Crippen LogP contribution is 2.29. The Morgan fingerprint density at radius 3 is 2.15 bits per heavy atom. The van der Waals surface area contributed by atoms with Gasteiger partial charge in [0.1, 0.15) is 0 Å². The van der Waals surface area contributed by atoms with Crippen molar-refractivity contribution in [3.8, 4) is 11.5 Å². The number of anilines is 1. The number of sulfonamides is 1. The zero-order valence-corrected chi connectivity index (χ0v) is 20.5. The van der Waals surface area contributed by atoms with Crippen LogP contribution in [0.2, 0.25) is 0 Å². The molecule has 0 bridgehead atoms. The van der Waals surface area contributed by atoms with Crippen LogP contribution in [0.4, 0.5) is 5.69 Å². The molecular formula is C23H30N4O6S. The average molecular weight is 491 g/mol. The molecule has 10 nitrogen and oxygen atoms in total. The van der Waals surface area contributed by atoms with Crippen LogP contribution in [0.5, 0.6) is 11.5 Å². The molecule has 1 fully saturated rings. The molecule has 1 aliphatic rings. The number of rotatable bonds is 8. The zero-order chi connectivity index (χ0) is 24.9. The number of amides is 2. The average Bonchev–Trinajstić information content (AvgIpc) is 2.83. The number of likely N-dealkylation sites (N-methyl/N-ethyl adjacent to an activating group) is 1. The molecule has 2 amide bonds. The van der Waals surface area contributed by atoms with Crippen LogP contribution in [0.25, 0.3) is 0 Å². The maximum absolute atomic E-state index is 12.7. The third-order valence-electron chi connectivity index (χ3n) is 5.58. The molecule has 1 saturated heterocycles. The highest BCUT2D eigenvalue weighted by molar-refractivity contribution is 7.89. The second-order valence-electron chi connectivity index (χ2n) is 8.02. The van der Waals surface area contributed by atoms with Gasteiger partial charge in [0.05, 0.1) is 25.2 Å². The van der Waals surface area contributed by atoms with Crippen molar-refractivity contribution in [3.63, 3.8) is 0 Å². The fourth-order valence-electron chi connectivity index (χ4n) is 3.48. The van der Waals surface area contributed by atoms with Crippen LogP contribution >= 0.6 is 0 Å². The Kier molecular flexibility index (Phi) is 8.13. The van der Waals surface area contributed by atoms with E-state index in [1.54, 1.807) is 29.2 Å². The van der Waals surface area contributed by atoms with Gasteiger partial charge in [-0.05, 0) is 50.4 Å². The molecule has 0 aliphatic carbocycles. The van der Waals surface area contributed by atoms with Crippen molar-refractivity contribution in [2.75, 3.05) is 52.8 Å². The number of ether oxygens (including phenoxy) is 2. The number of benzene rings is 2. The minimum Gasteiger partial charge on any atom is -0.493 e. The summed E-state index contributed by atoms with van der Waals surface area (Å²) in [6, 6.07) is 9.65. The molecule has 11 heteroatoms. The predicted molar refractivity (Wildman–Crippen MR) is 128 cm³/mol. The van der Waals surface area contributed by atoms with Crippen LogP contribution in [0.3, 0.4) is 0 Å². The van der Waals surface area contributed by atoms with Gasteiger partial charge < -0.3 is 24.6 Å². The molecule has 3 rings (SSSR count). The van der Waals surface area contributed by atoms with Crippen LogP contribution in [0.1, 0.15) is 17.3 Å². The lowest BCUT2D eigenvalue weighted by Crippen LogP contribution is -2.47. The number of nitrogens with zero attached hydrogens (tertiary/aromatic N) is 2. The quantitative estimate of drug-likeness (QED) is 0.574. The van der Waals surface area contributed by atoms with Crippen molar-refractivity contribution >= 4 is 27.5 Å². The van der Waals surface area contributed by atoms with E-state index in [0.717, 1.165) is 13.1 Å². The molecule has 0 spiro atoms. The van der Waals surface area contributed by atoms with Gasteiger partial charge in [0, 0.05) is 43.5 Å². The molecule has 1 atom stereocenters. The van der Waals surface area contributed by atoms with Crippen LogP contribution in [-0.4, -0.2) is 83.5 Å². The maximum atomic E-state index is 12.7. The Bertz CT molecular complexity index is 1130. The fraction of sp³-hybridized carbons (Fsp3) is 0.391. The second-order valence-corrected chi connectivity index (χ2v) is 9.74. The van der Waals surface area contributed by atoms with E-state index in [-0.39, 0.29) is 16.6 Å². The first-order chi connectivity index (χ1) is 16.1. The van der Waals surface area contributed by atoms with Gasteiger partial charge >= 0.3 is 0 Å². The number of nitrogens with one attached hydrogen (secondary N) is 2. The molecule has 1 heterocycles. The largest absolute Gasteiger partial charge is 0.493 e. The van der Waals surface area contributed by atoms with Crippen molar-refractivity contribution in [1.82, 2.24) is 14.5 Å². The molecule has 2 aromatic rings. The third kappa shape index (κ3) is 6.04. The summed E-state index contributed by atoms with van der Waals surface area (Å²) in [4.78, 5) is 29.1. The molecule has 0 saturated carbocycles. The van der Waals surface area contributed by atoms with Crippen molar-refractivity contribution in [3.05, 3.63) is 48.0 Å². The number of piperazine rings is 1. The lowest BCUT2D eigenvalue weighted by atomic mass is 10.1. The number of hydrogen-bond donors (Lipinski definition) is 2. The smallest absolute Gasteiger partial charge is 0.253 e. The Labute approximate surface area is 199 Å². The van der Waals surface area contributed by atoms with Crippen LogP contribution in [-0.2, 0) is 14.8 Å². The molecule has 1 unspecified atom stereocenters. The summed E-state index contributed by atoms with van der Waals surface area (Å²) in [5, 5.41) is 2.67. The van der Waals surface area contributed by atoms with Crippen molar-refractivity contribution < 1.29 is 27.5 Å². The lowest BCUT2D eigenvalue weighted by Gasteiger charge is -2.32. The van der Waals surface area contributed by atoms with Crippen molar-refractivity contribution in [2.24, 2.45) is 0 Å². The van der Waals surface area contributed by atoms with Crippen molar-refractivity contribution in [1.29, 1.82) is 0 Å². The molecule has 2 aromatic carbocycles. The maximum Gasteiger partial charge on any atom is 0.253 e. The highest BCUT2D eigenvalue weighted by Gasteiger charge is 2.24. The highest BCUT2D eigenvalue weighted by atomic mass is 32.2. The fourth-order valence-corrected chi connectivity index (χ4v) is 4.69. The van der Waals surface area contributed by atoms with E-state index < -0.39 is 22.0 Å². The summed E-state index contributed by atoms with van der Waals surface area (Å²) < 4.78 is 38.1. The van der Waals surface area contributed by atoms with E-state index in [9.17, 15) is 18.0 Å². The van der Waals surface area contributed by atoms with E-state index in [4.69, 9.17) is 9.47 Å². The van der Waals surface area contributed by atoms with Gasteiger partial charge in [0.15, 0.2) is 11.5 Å². The van der Waals surface area contributed by atoms with E-state index in [1.165, 1.54) is 39.3 Å². The topological polar surface area (TPSA) is 117 Å². The van der Waals surface area contributed by atoms with E-state index in [1.807, 2.05) is 7.05 Å². The van der Waals surface area contributed by atoms with Crippen LogP contribution in [0.15, 0.2) is 47.4 Å². The summed E-state index contributed by atoms with van der Waals surface area (Å²) >= 11 is 0. The normalized spacial score (nSPS) is 15.5. The summed E-state index contributed by atoms with van der Waals surface area (Å²) in [7, 11) is 0.888. The van der Waals surface area contributed by atoms with Gasteiger partial charge in [0.25, 0.3) is 5.91 Å². The Morgan fingerprint density at radius 2 is 1.56 bits per heavy atom. The SMILES string of the molecule is COc1ccc(S(=O)(=O)NC(C)C(=O)Nc2ccc(C(=O)N3CCN(C)CC3)cc2)cc1OC. The summed E-state index contributed by atoms with van der Waals surface area (Å²) in [5.74, 6) is 0.0553. The van der Waals surface area contributed by atoms with Gasteiger partial charge in [-0.3, -0.25) is 9.59 Å². The van der Waals surface area contributed by atoms with Gasteiger partial charge in [-0.1, -0.05) is 0 Å². The molecule has 34 heavy (non-hydrogen) atoms. The van der Waals surface area contributed by atoms with Crippen LogP contribution in [0, 0.1) is 0 Å². The Morgan fingerprint density at radius 1 is 0.941 bits per heavy atom. The van der Waals surface area contributed by atoms with Gasteiger partial charge in [-0.2, -0.15) is 4.72 Å². The molecule has 0 radical (unpaired) electrons. The Hall–Kier alpha value is -3.15. The predicted octanol–water partition coefficient (Wildman–Crippen LogP) is 1.40. The summed E-state index contributed by atoms with van der Waals surface area (Å²) in [5.41, 5.74) is 0.988. The second kappa shape index (κ2) is 10.9. The standard InChI is InChI=1S/C23H30N4O6S/c1-16(25-34(30,31)19-9-10-20(32-3)21(15-19)33-4)22(28)24-18-7-5-17(6-8-18)23(29)27-13-11-26(2)12-14-27/h5-10,15-16,25H,11-14H2,1-4H3,(H,24,28). The number of carbonyl (C=O) groups is 2. The molecule has 0 aromatic heterocycles. The lowest BCUT2D eigenvalue weighted by molar-refractivity contribution is -0.117. The van der Waals surface area contributed by atoms with E-state index >= 15 is 0 Å². The molecular weight excluding hydrogens is 460 g/mol. The number of methoxy groups -OCH3 is 2. The minimum absolute atomic E-state index is 0.0537. The van der Waals surface area contributed by atoms with Crippen molar-refractivity contribution in [2.45, 2.75) is 17.9 Å². The Balaban J connectivity index is 1.61. The first-order valence-corrected chi connectivity index (χ1v) is 12.3. The summed E-state index contributed by atoms with van der Waals surface area (Å²) in [6.45, 7) is 4.45. The molecule has 184 valence electrons.